The molecule has 1 unspecified atom stereocenters. The molecule has 0 spiro atoms. The lowest BCUT2D eigenvalue weighted by Gasteiger charge is -2.29. The lowest BCUT2D eigenvalue weighted by Crippen LogP contribution is -2.37. The van der Waals surface area contributed by atoms with Crippen molar-refractivity contribution in [2.45, 2.75) is 58.4 Å². The zero-order valence-corrected chi connectivity index (χ0v) is 12.6. The molecule has 0 N–H and O–H groups in total. The molecule has 0 aliphatic carbocycles. The lowest BCUT2D eigenvalue weighted by atomic mass is 10.3. The topological polar surface area (TPSA) is 35.5 Å². The number of rotatable bonds is 9. The Morgan fingerprint density at radius 1 is 1.35 bits per heavy atom. The summed E-state index contributed by atoms with van der Waals surface area (Å²) in [5, 5.41) is 0. The van der Waals surface area contributed by atoms with Gasteiger partial charge in [0.05, 0.1) is 6.10 Å². The normalized spacial score (nSPS) is 13.2. The maximum atomic E-state index is 11.1. The molecule has 17 heavy (non-hydrogen) atoms. The van der Waals surface area contributed by atoms with Gasteiger partial charge in [0.25, 0.3) is 0 Å². The second kappa shape index (κ2) is 8.47. The van der Waals surface area contributed by atoms with Crippen LogP contribution in [0.25, 0.3) is 0 Å². The largest absolute Gasteiger partial charge is 0.460 e. The number of hydrogen-bond donors (Lipinski definition) is 0. The summed E-state index contributed by atoms with van der Waals surface area (Å²) in [5.74, 6) is -0.339. The van der Waals surface area contributed by atoms with Crippen molar-refractivity contribution in [3.05, 3.63) is 12.7 Å². The third-order valence-corrected chi connectivity index (χ3v) is 7.91. The van der Waals surface area contributed by atoms with Gasteiger partial charge in [-0.1, -0.05) is 20.4 Å². The molecule has 100 valence electrons. The van der Waals surface area contributed by atoms with Crippen LogP contribution < -0.4 is 0 Å². The zero-order chi connectivity index (χ0) is 13.3. The van der Waals surface area contributed by atoms with Crippen molar-refractivity contribution in [1.29, 1.82) is 0 Å². The summed E-state index contributed by atoms with van der Waals surface area (Å²) in [6.45, 7) is 12.6. The fraction of sp³-hybridized carbons (Fsp3) is 0.769. The number of carbonyl (C=O) groups excluding carboxylic acids is 1. The average Bonchev–Trinajstić information content (AvgIpc) is 2.34. The predicted octanol–water partition coefficient (Wildman–Crippen LogP) is 3.52. The number of carbonyl (C=O) groups is 1. The lowest BCUT2D eigenvalue weighted by molar-refractivity contribution is -0.142. The maximum absolute atomic E-state index is 11.1. The Bertz CT molecular complexity index is 237. The molecule has 0 radical (unpaired) electrons. The first-order chi connectivity index (χ1) is 8.03. The zero-order valence-electron chi connectivity index (χ0n) is 11.6. The van der Waals surface area contributed by atoms with Crippen molar-refractivity contribution >= 4 is 14.3 Å². The molecule has 0 rings (SSSR count). The first kappa shape index (κ1) is 16.4. The molecule has 0 saturated carbocycles. The van der Waals surface area contributed by atoms with Gasteiger partial charge in [0.1, 0.15) is 0 Å². The van der Waals surface area contributed by atoms with E-state index in [1.165, 1.54) is 6.08 Å². The Morgan fingerprint density at radius 3 is 2.35 bits per heavy atom. The van der Waals surface area contributed by atoms with Gasteiger partial charge >= 0.3 is 5.97 Å². The first-order valence-corrected chi connectivity index (χ1v) is 9.03. The third-order valence-electron chi connectivity index (χ3n) is 3.23. The van der Waals surface area contributed by atoms with E-state index in [-0.39, 0.29) is 12.1 Å². The molecular weight excluding hydrogens is 232 g/mol. The van der Waals surface area contributed by atoms with E-state index in [9.17, 15) is 4.79 Å². The summed E-state index contributed by atoms with van der Waals surface area (Å²) in [4.78, 5) is 11.1. The minimum Gasteiger partial charge on any atom is -0.460 e. The molecule has 4 heteroatoms. The molecule has 0 aromatic carbocycles. The monoisotopic (exact) mass is 258 g/mol. The molecule has 0 bridgehead atoms. The van der Waals surface area contributed by atoms with Gasteiger partial charge < -0.3 is 9.16 Å². The summed E-state index contributed by atoms with van der Waals surface area (Å²) in [6, 6.07) is 3.30. The van der Waals surface area contributed by atoms with Crippen LogP contribution in [0.2, 0.25) is 18.1 Å². The van der Waals surface area contributed by atoms with Crippen LogP contribution in [0.5, 0.6) is 0 Å². The quantitative estimate of drug-likeness (QED) is 0.361. The molecule has 0 aliphatic heterocycles. The average molecular weight is 258 g/mol. The van der Waals surface area contributed by atoms with Gasteiger partial charge in [-0.3, -0.25) is 0 Å². The van der Waals surface area contributed by atoms with E-state index >= 15 is 0 Å². The highest BCUT2D eigenvalue weighted by molar-refractivity contribution is 6.73. The molecule has 1 atom stereocenters. The highest BCUT2D eigenvalue weighted by Crippen LogP contribution is 2.25. The van der Waals surface area contributed by atoms with Crippen LogP contribution in [0.15, 0.2) is 12.7 Å². The van der Waals surface area contributed by atoms with Gasteiger partial charge in [-0.2, -0.15) is 0 Å². The van der Waals surface area contributed by atoms with Crippen LogP contribution >= 0.6 is 0 Å². The van der Waals surface area contributed by atoms with Gasteiger partial charge in [-0.15, -0.1) is 0 Å². The highest BCUT2D eigenvalue weighted by atomic mass is 28.4. The predicted molar refractivity (Wildman–Crippen MR) is 73.5 cm³/mol. The van der Waals surface area contributed by atoms with Crippen molar-refractivity contribution in [2.24, 2.45) is 0 Å². The van der Waals surface area contributed by atoms with Crippen molar-refractivity contribution in [1.82, 2.24) is 0 Å². The van der Waals surface area contributed by atoms with E-state index in [1.807, 2.05) is 13.8 Å². The number of esters is 1. The molecule has 0 aliphatic rings. The standard InChI is InChI=1S/C13H26O3Si/c1-6-13(14)16-12(5)10-11-17(8-3,9-4)15-7-2/h6,12H,1,7-11H2,2-5H3. The minimum atomic E-state index is -1.58. The van der Waals surface area contributed by atoms with Crippen LogP contribution in [0, 0.1) is 0 Å². The van der Waals surface area contributed by atoms with Crippen molar-refractivity contribution in [3.63, 3.8) is 0 Å². The van der Waals surface area contributed by atoms with Crippen LogP contribution in [0.4, 0.5) is 0 Å². The van der Waals surface area contributed by atoms with Crippen molar-refractivity contribution in [3.8, 4) is 0 Å². The Balaban J connectivity index is 4.20. The summed E-state index contributed by atoms with van der Waals surface area (Å²) in [7, 11) is -1.58. The molecule has 0 saturated heterocycles. The Hall–Kier alpha value is -0.613. The van der Waals surface area contributed by atoms with E-state index in [4.69, 9.17) is 9.16 Å². The van der Waals surface area contributed by atoms with Gasteiger partial charge in [0, 0.05) is 12.7 Å². The van der Waals surface area contributed by atoms with Crippen molar-refractivity contribution in [2.75, 3.05) is 6.61 Å². The SMILES string of the molecule is C=CC(=O)OC(C)CC[Si](CC)(CC)OCC. The molecule has 0 amide bonds. The fourth-order valence-corrected chi connectivity index (χ4v) is 5.26. The van der Waals surface area contributed by atoms with E-state index in [0.717, 1.165) is 31.2 Å². The second-order valence-corrected chi connectivity index (χ2v) is 8.88. The maximum Gasteiger partial charge on any atom is 0.330 e. The number of ether oxygens (including phenoxy) is 1. The molecule has 0 heterocycles. The summed E-state index contributed by atoms with van der Waals surface area (Å²) < 4.78 is 11.2. The smallest absolute Gasteiger partial charge is 0.330 e. The highest BCUT2D eigenvalue weighted by Gasteiger charge is 2.30. The van der Waals surface area contributed by atoms with Crippen LogP contribution in [-0.4, -0.2) is 27.0 Å². The minimum absolute atomic E-state index is 0.0501. The molecular formula is C13H26O3Si. The Kier molecular flexibility index (Phi) is 8.17. The van der Waals surface area contributed by atoms with E-state index in [0.29, 0.717) is 0 Å². The summed E-state index contributed by atoms with van der Waals surface area (Å²) in [5.41, 5.74) is 0. The van der Waals surface area contributed by atoms with E-state index < -0.39 is 8.32 Å². The first-order valence-electron chi connectivity index (χ1n) is 6.50. The van der Waals surface area contributed by atoms with Gasteiger partial charge in [0.15, 0.2) is 8.32 Å². The molecule has 3 nitrogen and oxygen atoms in total. The van der Waals surface area contributed by atoms with Crippen LogP contribution in [0.3, 0.4) is 0 Å². The third kappa shape index (κ3) is 6.03. The molecule has 0 aromatic rings. The van der Waals surface area contributed by atoms with E-state index in [2.05, 4.69) is 20.4 Å². The fourth-order valence-electron chi connectivity index (χ4n) is 1.96. The molecule has 0 fully saturated rings. The van der Waals surface area contributed by atoms with Crippen LogP contribution in [-0.2, 0) is 14.0 Å². The van der Waals surface area contributed by atoms with Gasteiger partial charge in [-0.05, 0) is 38.4 Å². The van der Waals surface area contributed by atoms with Crippen molar-refractivity contribution < 1.29 is 14.0 Å². The van der Waals surface area contributed by atoms with Crippen LogP contribution in [0.1, 0.15) is 34.1 Å². The molecule has 0 aromatic heterocycles. The van der Waals surface area contributed by atoms with Gasteiger partial charge in [0.2, 0.25) is 0 Å². The van der Waals surface area contributed by atoms with E-state index in [1.54, 1.807) is 0 Å². The Labute approximate surface area is 106 Å². The number of hydrogen-bond acceptors (Lipinski definition) is 3. The Morgan fingerprint density at radius 2 is 1.94 bits per heavy atom. The van der Waals surface area contributed by atoms with Gasteiger partial charge in [-0.25, -0.2) is 4.79 Å². The second-order valence-electron chi connectivity index (χ2n) is 4.31. The summed E-state index contributed by atoms with van der Waals surface area (Å²) >= 11 is 0. The summed E-state index contributed by atoms with van der Waals surface area (Å²) in [6.07, 6.45) is 2.04.